The molecule has 1 aliphatic heterocycles. The normalized spacial score (nSPS) is 15.8. The van der Waals surface area contributed by atoms with Crippen molar-refractivity contribution in [3.8, 4) is 0 Å². The number of thiazole rings is 1. The Hall–Kier alpha value is -2.57. The summed E-state index contributed by atoms with van der Waals surface area (Å²) in [5.41, 5.74) is 3.04. The van der Waals surface area contributed by atoms with Crippen LogP contribution in [0.25, 0.3) is 10.2 Å². The van der Waals surface area contributed by atoms with E-state index in [1.54, 1.807) is 36.6 Å². The number of nitrogens with zero attached hydrogens (tertiary/aromatic N) is 4. The predicted octanol–water partition coefficient (Wildman–Crippen LogP) is 5.71. The molecule has 1 N–H and O–H groups in total. The van der Waals surface area contributed by atoms with Gasteiger partial charge in [-0.15, -0.1) is 0 Å². The number of halogens is 2. The standard InChI is InChI=1S/C26H29ClFN5O3S2/c1-17(2)20-16-36-31-24(20)14-29-26-30-23-8-7-18(13-25(23)37-26)38(34,35)33-10-4-9-32(11-12-33)15-19-21(27)5-3-6-22(19)28/h3,5-8,13,16-17H,4,9-12,14-15H2,1-2H3,(H,29,30). The molecule has 0 aliphatic carbocycles. The van der Waals surface area contributed by atoms with Crippen LogP contribution >= 0.6 is 22.9 Å². The molecule has 0 atom stereocenters. The largest absolute Gasteiger partial charge is 0.364 e. The topological polar surface area (TPSA) is 91.6 Å². The lowest BCUT2D eigenvalue weighted by atomic mass is 10.0. The number of rotatable bonds is 8. The zero-order chi connectivity index (χ0) is 26.9. The Morgan fingerprint density at radius 1 is 1.18 bits per heavy atom. The molecule has 8 nitrogen and oxygen atoms in total. The summed E-state index contributed by atoms with van der Waals surface area (Å²) < 4.78 is 48.7. The van der Waals surface area contributed by atoms with Gasteiger partial charge in [0.05, 0.1) is 21.7 Å². The molecule has 12 heteroatoms. The zero-order valence-electron chi connectivity index (χ0n) is 21.2. The molecule has 2 aromatic carbocycles. The summed E-state index contributed by atoms with van der Waals surface area (Å²) in [4.78, 5) is 6.88. The Bertz CT molecular complexity index is 1520. The van der Waals surface area contributed by atoms with Crippen LogP contribution in [0.4, 0.5) is 9.52 Å². The molecule has 1 saturated heterocycles. The molecule has 0 bridgehead atoms. The van der Waals surface area contributed by atoms with Gasteiger partial charge in [0.15, 0.2) is 5.13 Å². The molecule has 202 valence electrons. The average Bonchev–Trinajstić information content (AvgIpc) is 3.45. The van der Waals surface area contributed by atoms with Crippen molar-refractivity contribution in [3.63, 3.8) is 0 Å². The molecule has 1 fully saturated rings. The Balaban J connectivity index is 1.27. The van der Waals surface area contributed by atoms with E-state index >= 15 is 0 Å². The molecule has 0 spiro atoms. The first-order valence-electron chi connectivity index (χ1n) is 12.5. The van der Waals surface area contributed by atoms with Crippen LogP contribution in [0.1, 0.15) is 43.0 Å². The van der Waals surface area contributed by atoms with Gasteiger partial charge in [0, 0.05) is 42.3 Å². The number of benzene rings is 2. The highest BCUT2D eigenvalue weighted by Gasteiger charge is 2.28. The van der Waals surface area contributed by atoms with Gasteiger partial charge in [-0.1, -0.05) is 48.0 Å². The number of hydrogen-bond donors (Lipinski definition) is 1. The van der Waals surface area contributed by atoms with Crippen molar-refractivity contribution in [2.24, 2.45) is 0 Å². The van der Waals surface area contributed by atoms with E-state index in [0.29, 0.717) is 67.3 Å². The first kappa shape index (κ1) is 27.0. The molecule has 3 heterocycles. The summed E-state index contributed by atoms with van der Waals surface area (Å²) in [5, 5.41) is 8.42. The van der Waals surface area contributed by atoms with Crippen LogP contribution in [-0.2, 0) is 23.1 Å². The van der Waals surface area contributed by atoms with E-state index in [9.17, 15) is 12.8 Å². The molecular formula is C26H29ClFN5O3S2. The second kappa shape index (κ2) is 11.3. The number of fused-ring (bicyclic) bond motifs is 1. The van der Waals surface area contributed by atoms with Gasteiger partial charge in [-0.25, -0.2) is 17.8 Å². The number of hydrogen-bond acceptors (Lipinski definition) is 8. The summed E-state index contributed by atoms with van der Waals surface area (Å²) in [7, 11) is -3.70. The molecule has 0 radical (unpaired) electrons. The Kier molecular flexibility index (Phi) is 8.01. The van der Waals surface area contributed by atoms with Gasteiger partial charge in [0.2, 0.25) is 10.0 Å². The SMILES string of the molecule is CC(C)c1conc1CNc1nc2ccc(S(=O)(=O)N3CCCN(Cc4c(F)cccc4Cl)CC3)cc2s1. The summed E-state index contributed by atoms with van der Waals surface area (Å²) in [6.07, 6.45) is 2.30. The van der Waals surface area contributed by atoms with Crippen LogP contribution in [0.5, 0.6) is 0 Å². The van der Waals surface area contributed by atoms with Gasteiger partial charge in [-0.05, 0) is 49.2 Å². The van der Waals surface area contributed by atoms with Crippen LogP contribution in [0.2, 0.25) is 5.02 Å². The van der Waals surface area contributed by atoms with Gasteiger partial charge < -0.3 is 9.84 Å². The van der Waals surface area contributed by atoms with E-state index in [1.165, 1.54) is 21.7 Å². The van der Waals surface area contributed by atoms with Crippen molar-refractivity contribution < 1.29 is 17.3 Å². The van der Waals surface area contributed by atoms with E-state index in [4.69, 9.17) is 16.1 Å². The van der Waals surface area contributed by atoms with Crippen molar-refractivity contribution in [1.29, 1.82) is 0 Å². The molecule has 0 unspecified atom stereocenters. The van der Waals surface area contributed by atoms with Crippen molar-refractivity contribution in [1.82, 2.24) is 19.3 Å². The van der Waals surface area contributed by atoms with E-state index < -0.39 is 10.0 Å². The van der Waals surface area contributed by atoms with Gasteiger partial charge in [0.25, 0.3) is 0 Å². The number of anilines is 1. The highest BCUT2D eigenvalue weighted by atomic mass is 35.5. The van der Waals surface area contributed by atoms with E-state index in [-0.39, 0.29) is 10.7 Å². The average molecular weight is 578 g/mol. The first-order chi connectivity index (χ1) is 18.2. The maximum Gasteiger partial charge on any atom is 0.243 e. The molecule has 5 rings (SSSR count). The number of aromatic nitrogens is 2. The fourth-order valence-electron chi connectivity index (χ4n) is 4.57. The molecule has 1 aliphatic rings. The highest BCUT2D eigenvalue weighted by Crippen LogP contribution is 2.30. The number of nitrogens with one attached hydrogen (secondary N) is 1. The Morgan fingerprint density at radius 3 is 2.82 bits per heavy atom. The number of sulfonamides is 1. The molecule has 2 aromatic heterocycles. The fraction of sp³-hybridized carbons (Fsp3) is 0.385. The summed E-state index contributed by atoms with van der Waals surface area (Å²) in [6.45, 7) is 6.83. The van der Waals surface area contributed by atoms with Crippen molar-refractivity contribution in [2.45, 2.75) is 44.2 Å². The van der Waals surface area contributed by atoms with Crippen molar-refractivity contribution in [2.75, 3.05) is 31.5 Å². The van der Waals surface area contributed by atoms with Gasteiger partial charge >= 0.3 is 0 Å². The third kappa shape index (κ3) is 5.72. The Morgan fingerprint density at radius 2 is 2.03 bits per heavy atom. The molecular weight excluding hydrogens is 549 g/mol. The van der Waals surface area contributed by atoms with Crippen LogP contribution in [0.15, 0.2) is 52.1 Å². The van der Waals surface area contributed by atoms with Crippen LogP contribution in [0.3, 0.4) is 0 Å². The second-order valence-corrected chi connectivity index (χ2v) is 13.0. The lowest BCUT2D eigenvalue weighted by Crippen LogP contribution is -2.35. The lowest BCUT2D eigenvalue weighted by Gasteiger charge is -2.22. The molecule has 0 amide bonds. The maximum absolute atomic E-state index is 14.3. The van der Waals surface area contributed by atoms with Crippen LogP contribution < -0.4 is 5.32 Å². The van der Waals surface area contributed by atoms with Crippen molar-refractivity contribution >= 4 is 48.3 Å². The monoisotopic (exact) mass is 577 g/mol. The van der Waals surface area contributed by atoms with Gasteiger partial charge in [-0.3, -0.25) is 4.90 Å². The van der Waals surface area contributed by atoms with Crippen LogP contribution in [-0.4, -0.2) is 53.9 Å². The lowest BCUT2D eigenvalue weighted by molar-refractivity contribution is 0.274. The fourth-order valence-corrected chi connectivity index (χ4v) is 7.27. The van der Waals surface area contributed by atoms with E-state index in [1.807, 2.05) is 4.90 Å². The van der Waals surface area contributed by atoms with Crippen molar-refractivity contribution in [3.05, 3.63) is 70.3 Å². The van der Waals surface area contributed by atoms with E-state index in [0.717, 1.165) is 21.5 Å². The van der Waals surface area contributed by atoms with Gasteiger partial charge in [-0.2, -0.15) is 4.31 Å². The molecule has 0 saturated carbocycles. The zero-order valence-corrected chi connectivity index (χ0v) is 23.5. The van der Waals surface area contributed by atoms with Crippen LogP contribution in [0, 0.1) is 5.82 Å². The minimum absolute atomic E-state index is 0.240. The predicted molar refractivity (Wildman–Crippen MR) is 148 cm³/mol. The summed E-state index contributed by atoms with van der Waals surface area (Å²) >= 11 is 7.60. The second-order valence-electron chi connectivity index (χ2n) is 9.61. The minimum atomic E-state index is -3.70. The maximum atomic E-state index is 14.3. The van der Waals surface area contributed by atoms with E-state index in [2.05, 4.69) is 29.3 Å². The Labute approximate surface area is 230 Å². The third-order valence-corrected chi connectivity index (χ3v) is 9.92. The quantitative estimate of drug-likeness (QED) is 0.287. The molecule has 4 aromatic rings. The summed E-state index contributed by atoms with van der Waals surface area (Å²) in [5.74, 6) is -0.0520. The third-order valence-electron chi connectivity index (χ3n) is 6.69. The molecule has 38 heavy (non-hydrogen) atoms. The minimum Gasteiger partial charge on any atom is -0.364 e. The summed E-state index contributed by atoms with van der Waals surface area (Å²) in [6, 6.07) is 9.67. The highest BCUT2D eigenvalue weighted by molar-refractivity contribution is 7.89. The van der Waals surface area contributed by atoms with Gasteiger partial charge in [0.1, 0.15) is 17.8 Å². The smallest absolute Gasteiger partial charge is 0.243 e. The first-order valence-corrected chi connectivity index (χ1v) is 15.1.